The Morgan fingerprint density at radius 2 is 1.88 bits per heavy atom. The van der Waals surface area contributed by atoms with Crippen LogP contribution in [0.4, 0.5) is 11.4 Å². The second-order valence-electron chi connectivity index (χ2n) is 6.38. The first-order valence-corrected chi connectivity index (χ1v) is 9.50. The number of fused-ring (bicyclic) bond motifs is 1. The number of anilines is 2. The number of carbonyl (C=O) groups is 1. The summed E-state index contributed by atoms with van der Waals surface area (Å²) in [6, 6.07) is 11.3. The van der Waals surface area contributed by atoms with Gasteiger partial charge in [0.05, 0.1) is 17.9 Å². The monoisotopic (exact) mass is 360 g/mol. The maximum absolute atomic E-state index is 12.5. The highest BCUT2D eigenvalue weighted by atomic mass is 32.2. The largest absolute Gasteiger partial charge is 0.493 e. The lowest BCUT2D eigenvalue weighted by atomic mass is 10.1. The molecule has 0 spiro atoms. The van der Waals surface area contributed by atoms with E-state index in [4.69, 9.17) is 4.74 Å². The molecule has 2 aromatic rings. The van der Waals surface area contributed by atoms with Gasteiger partial charge >= 0.3 is 0 Å². The van der Waals surface area contributed by atoms with Crippen LogP contribution in [0.15, 0.2) is 47.4 Å². The summed E-state index contributed by atoms with van der Waals surface area (Å²) in [6.45, 7) is 4.66. The van der Waals surface area contributed by atoms with E-state index in [2.05, 4.69) is 10.0 Å². The van der Waals surface area contributed by atoms with Crippen LogP contribution < -0.4 is 14.8 Å². The van der Waals surface area contributed by atoms with Crippen LogP contribution in [0.3, 0.4) is 0 Å². The van der Waals surface area contributed by atoms with Gasteiger partial charge in [0.15, 0.2) is 0 Å². The zero-order chi connectivity index (χ0) is 18.0. The standard InChI is InChI=1S/C18H20N2O4S/c1-12(2)11-24-15-4-6-16(7-5-15)25(22,23)20-14-3-8-17-13(9-14)10-18(21)19-17/h3-9,12,20H,10-11H2,1-2H3,(H,19,21). The smallest absolute Gasteiger partial charge is 0.261 e. The number of sulfonamides is 1. The third-order valence-corrected chi connectivity index (χ3v) is 5.10. The second-order valence-corrected chi connectivity index (χ2v) is 8.06. The Hall–Kier alpha value is -2.54. The van der Waals surface area contributed by atoms with Gasteiger partial charge in [0.25, 0.3) is 10.0 Å². The fourth-order valence-corrected chi connectivity index (χ4v) is 3.53. The predicted molar refractivity (Wildman–Crippen MR) is 96.4 cm³/mol. The number of hydrogen-bond donors (Lipinski definition) is 2. The van der Waals surface area contributed by atoms with E-state index in [0.717, 1.165) is 11.3 Å². The summed E-state index contributed by atoms with van der Waals surface area (Å²) in [5.74, 6) is 0.938. The van der Waals surface area contributed by atoms with E-state index in [1.165, 1.54) is 12.1 Å². The highest BCUT2D eigenvalue weighted by molar-refractivity contribution is 7.92. The lowest BCUT2D eigenvalue weighted by Crippen LogP contribution is -2.13. The Morgan fingerprint density at radius 3 is 2.56 bits per heavy atom. The van der Waals surface area contributed by atoms with Gasteiger partial charge in [-0.05, 0) is 53.9 Å². The molecule has 6 nitrogen and oxygen atoms in total. The number of amides is 1. The molecule has 0 fully saturated rings. The number of rotatable bonds is 6. The number of benzene rings is 2. The second kappa shape index (κ2) is 6.76. The fourth-order valence-electron chi connectivity index (χ4n) is 2.48. The van der Waals surface area contributed by atoms with Crippen molar-refractivity contribution in [3.8, 4) is 5.75 Å². The number of carbonyl (C=O) groups excluding carboxylic acids is 1. The fraction of sp³-hybridized carbons (Fsp3) is 0.278. The Morgan fingerprint density at radius 1 is 1.16 bits per heavy atom. The van der Waals surface area contributed by atoms with Gasteiger partial charge in [-0.3, -0.25) is 9.52 Å². The molecule has 0 atom stereocenters. The normalized spacial score (nSPS) is 13.5. The Bertz CT molecular complexity index is 890. The zero-order valence-electron chi connectivity index (χ0n) is 14.1. The molecule has 0 aliphatic carbocycles. The quantitative estimate of drug-likeness (QED) is 0.829. The van der Waals surface area contributed by atoms with E-state index in [1.807, 2.05) is 13.8 Å². The van der Waals surface area contributed by atoms with Gasteiger partial charge in [-0.1, -0.05) is 13.8 Å². The SMILES string of the molecule is CC(C)COc1ccc(S(=O)(=O)Nc2ccc3c(c2)CC(=O)N3)cc1. The molecule has 0 bridgehead atoms. The molecule has 1 amide bonds. The van der Waals surface area contributed by atoms with Crippen molar-refractivity contribution < 1.29 is 17.9 Å². The molecule has 1 heterocycles. The van der Waals surface area contributed by atoms with Gasteiger partial charge in [-0.25, -0.2) is 8.42 Å². The third-order valence-electron chi connectivity index (χ3n) is 3.70. The molecular weight excluding hydrogens is 340 g/mol. The van der Waals surface area contributed by atoms with Crippen molar-refractivity contribution in [2.45, 2.75) is 25.2 Å². The first-order valence-electron chi connectivity index (χ1n) is 8.02. The van der Waals surface area contributed by atoms with Crippen LogP contribution in [0.25, 0.3) is 0 Å². The average Bonchev–Trinajstić information content (AvgIpc) is 2.92. The number of ether oxygens (including phenoxy) is 1. The number of hydrogen-bond acceptors (Lipinski definition) is 4. The predicted octanol–water partition coefficient (Wildman–Crippen LogP) is 3.02. The van der Waals surface area contributed by atoms with E-state index in [-0.39, 0.29) is 17.2 Å². The minimum Gasteiger partial charge on any atom is -0.493 e. The van der Waals surface area contributed by atoms with Crippen molar-refractivity contribution in [1.29, 1.82) is 0 Å². The van der Waals surface area contributed by atoms with E-state index < -0.39 is 10.0 Å². The van der Waals surface area contributed by atoms with Crippen molar-refractivity contribution >= 4 is 27.3 Å². The van der Waals surface area contributed by atoms with Gasteiger partial charge in [-0.15, -0.1) is 0 Å². The molecule has 2 N–H and O–H groups in total. The Labute approximate surface area is 147 Å². The summed E-state index contributed by atoms with van der Waals surface area (Å²) >= 11 is 0. The maximum atomic E-state index is 12.5. The summed E-state index contributed by atoms with van der Waals surface area (Å²) in [6.07, 6.45) is 0.257. The van der Waals surface area contributed by atoms with E-state index >= 15 is 0 Å². The highest BCUT2D eigenvalue weighted by Gasteiger charge is 2.20. The molecule has 0 aromatic heterocycles. The molecule has 1 aliphatic rings. The van der Waals surface area contributed by atoms with Crippen LogP contribution in [0, 0.1) is 5.92 Å². The molecule has 2 aromatic carbocycles. The molecule has 25 heavy (non-hydrogen) atoms. The van der Waals surface area contributed by atoms with Gasteiger partial charge in [0.2, 0.25) is 5.91 Å². The first kappa shape index (κ1) is 17.3. The lowest BCUT2D eigenvalue weighted by Gasteiger charge is -2.11. The van der Waals surface area contributed by atoms with Crippen LogP contribution in [-0.2, 0) is 21.2 Å². The molecule has 3 rings (SSSR count). The Balaban J connectivity index is 1.74. The number of nitrogens with one attached hydrogen (secondary N) is 2. The van der Waals surface area contributed by atoms with Crippen LogP contribution in [-0.4, -0.2) is 20.9 Å². The van der Waals surface area contributed by atoms with Gasteiger partial charge in [-0.2, -0.15) is 0 Å². The van der Waals surface area contributed by atoms with Gasteiger partial charge in [0.1, 0.15) is 5.75 Å². The Kier molecular flexibility index (Phi) is 4.67. The van der Waals surface area contributed by atoms with Crippen LogP contribution >= 0.6 is 0 Å². The van der Waals surface area contributed by atoms with E-state index in [9.17, 15) is 13.2 Å². The van der Waals surface area contributed by atoms with E-state index in [0.29, 0.717) is 24.0 Å². The van der Waals surface area contributed by atoms with Crippen molar-refractivity contribution in [3.05, 3.63) is 48.0 Å². The van der Waals surface area contributed by atoms with Gasteiger partial charge < -0.3 is 10.1 Å². The summed E-state index contributed by atoms with van der Waals surface area (Å²) in [5, 5.41) is 2.72. The minimum atomic E-state index is -3.70. The van der Waals surface area contributed by atoms with Crippen molar-refractivity contribution in [2.24, 2.45) is 5.92 Å². The molecule has 7 heteroatoms. The van der Waals surface area contributed by atoms with Crippen molar-refractivity contribution in [2.75, 3.05) is 16.6 Å². The van der Waals surface area contributed by atoms with Crippen LogP contribution in [0.5, 0.6) is 5.75 Å². The average molecular weight is 360 g/mol. The molecular formula is C18H20N2O4S. The molecule has 132 valence electrons. The summed E-state index contributed by atoms with van der Waals surface area (Å²) in [5.41, 5.74) is 1.93. The minimum absolute atomic E-state index is 0.0907. The van der Waals surface area contributed by atoms with E-state index in [1.54, 1.807) is 30.3 Å². The molecule has 0 saturated carbocycles. The summed E-state index contributed by atoms with van der Waals surface area (Å²) in [4.78, 5) is 11.5. The summed E-state index contributed by atoms with van der Waals surface area (Å²) < 4.78 is 33.1. The molecule has 1 aliphatic heterocycles. The highest BCUT2D eigenvalue weighted by Crippen LogP contribution is 2.27. The van der Waals surface area contributed by atoms with Gasteiger partial charge in [0, 0.05) is 11.4 Å². The van der Waals surface area contributed by atoms with Crippen LogP contribution in [0.1, 0.15) is 19.4 Å². The third kappa shape index (κ3) is 4.11. The van der Waals surface area contributed by atoms with Crippen molar-refractivity contribution in [3.63, 3.8) is 0 Å². The lowest BCUT2D eigenvalue weighted by molar-refractivity contribution is -0.115. The summed E-state index contributed by atoms with van der Waals surface area (Å²) in [7, 11) is -3.70. The molecule has 0 radical (unpaired) electrons. The zero-order valence-corrected chi connectivity index (χ0v) is 14.9. The molecule has 0 unspecified atom stereocenters. The van der Waals surface area contributed by atoms with Crippen LogP contribution in [0.2, 0.25) is 0 Å². The molecule has 0 saturated heterocycles. The maximum Gasteiger partial charge on any atom is 0.261 e. The van der Waals surface area contributed by atoms with Crippen molar-refractivity contribution in [1.82, 2.24) is 0 Å². The topological polar surface area (TPSA) is 84.5 Å². The first-order chi connectivity index (χ1) is 11.8.